The minimum Gasteiger partial charge on any atom is -0.356 e. The highest BCUT2D eigenvalue weighted by Gasteiger charge is 2.19. The molecule has 1 aromatic heterocycles. The molecule has 94 valence electrons. The maximum absolute atomic E-state index is 6.01. The summed E-state index contributed by atoms with van der Waals surface area (Å²) in [5.74, 6) is 1.78. The first-order valence-corrected chi connectivity index (χ1v) is 6.77. The summed E-state index contributed by atoms with van der Waals surface area (Å²) in [5, 5.41) is 1.81. The molecule has 3 nitrogen and oxygen atoms in total. The summed E-state index contributed by atoms with van der Waals surface area (Å²) in [6.07, 6.45) is 4.18. The molecule has 2 aromatic rings. The quantitative estimate of drug-likeness (QED) is 0.787. The Morgan fingerprint density at radius 2 is 2.22 bits per heavy atom. The van der Waals surface area contributed by atoms with Crippen LogP contribution in [0.4, 0.5) is 5.82 Å². The molecular formula is C14H16ClN3. The Hall–Kier alpha value is -1.35. The van der Waals surface area contributed by atoms with Crippen molar-refractivity contribution in [1.29, 1.82) is 0 Å². The third-order valence-corrected chi connectivity index (χ3v) is 3.77. The van der Waals surface area contributed by atoms with Crippen LogP contribution in [0.2, 0.25) is 5.02 Å². The zero-order chi connectivity index (χ0) is 12.5. The summed E-state index contributed by atoms with van der Waals surface area (Å²) in [5.41, 5.74) is 0.922. The summed E-state index contributed by atoms with van der Waals surface area (Å²) in [6.45, 7) is 4.46. The van der Waals surface area contributed by atoms with Crippen molar-refractivity contribution >= 4 is 28.3 Å². The monoisotopic (exact) mass is 261 g/mol. The Kier molecular flexibility index (Phi) is 3.08. The lowest BCUT2D eigenvalue weighted by atomic mass is 10.00. The molecule has 1 aliphatic heterocycles. The molecule has 1 fully saturated rings. The molecule has 1 unspecified atom stereocenters. The van der Waals surface area contributed by atoms with Crippen LogP contribution in [0, 0.1) is 5.92 Å². The van der Waals surface area contributed by atoms with Gasteiger partial charge in [0.2, 0.25) is 0 Å². The van der Waals surface area contributed by atoms with Gasteiger partial charge in [-0.1, -0.05) is 18.5 Å². The van der Waals surface area contributed by atoms with E-state index in [0.717, 1.165) is 40.8 Å². The van der Waals surface area contributed by atoms with Crippen molar-refractivity contribution in [3.63, 3.8) is 0 Å². The summed E-state index contributed by atoms with van der Waals surface area (Å²) in [6, 6.07) is 5.83. The van der Waals surface area contributed by atoms with Gasteiger partial charge in [-0.25, -0.2) is 9.97 Å². The average molecular weight is 262 g/mol. The van der Waals surface area contributed by atoms with E-state index in [0.29, 0.717) is 0 Å². The molecule has 1 atom stereocenters. The highest BCUT2D eigenvalue weighted by atomic mass is 35.5. The fraction of sp³-hybridized carbons (Fsp3) is 0.429. The SMILES string of the molecule is CC1CCCN(c2ncnc3cc(Cl)ccc23)C1. The van der Waals surface area contributed by atoms with Gasteiger partial charge in [-0.15, -0.1) is 0 Å². The van der Waals surface area contributed by atoms with Gasteiger partial charge in [-0.05, 0) is 37.0 Å². The van der Waals surface area contributed by atoms with Crippen LogP contribution in [0.3, 0.4) is 0 Å². The van der Waals surface area contributed by atoms with E-state index in [4.69, 9.17) is 11.6 Å². The van der Waals surface area contributed by atoms with E-state index in [1.807, 2.05) is 18.2 Å². The van der Waals surface area contributed by atoms with Crippen LogP contribution in [-0.2, 0) is 0 Å². The largest absolute Gasteiger partial charge is 0.356 e. The van der Waals surface area contributed by atoms with Crippen molar-refractivity contribution in [2.75, 3.05) is 18.0 Å². The highest BCUT2D eigenvalue weighted by molar-refractivity contribution is 6.31. The summed E-state index contributed by atoms with van der Waals surface area (Å²) in [7, 11) is 0. The van der Waals surface area contributed by atoms with Crippen molar-refractivity contribution in [3.8, 4) is 0 Å². The molecular weight excluding hydrogens is 246 g/mol. The molecule has 1 aromatic carbocycles. The molecule has 0 saturated carbocycles. The molecule has 0 radical (unpaired) electrons. The van der Waals surface area contributed by atoms with E-state index in [2.05, 4.69) is 21.8 Å². The molecule has 3 rings (SSSR count). The highest BCUT2D eigenvalue weighted by Crippen LogP contribution is 2.28. The van der Waals surface area contributed by atoms with Gasteiger partial charge in [0.1, 0.15) is 12.1 Å². The van der Waals surface area contributed by atoms with Gasteiger partial charge >= 0.3 is 0 Å². The Labute approximate surface area is 112 Å². The predicted octanol–water partition coefficient (Wildman–Crippen LogP) is 3.52. The van der Waals surface area contributed by atoms with Crippen LogP contribution in [0.1, 0.15) is 19.8 Å². The smallest absolute Gasteiger partial charge is 0.139 e. The van der Waals surface area contributed by atoms with E-state index >= 15 is 0 Å². The van der Waals surface area contributed by atoms with Crippen LogP contribution in [0.5, 0.6) is 0 Å². The number of nitrogens with zero attached hydrogens (tertiary/aromatic N) is 3. The minimum atomic E-state index is 0.721. The number of fused-ring (bicyclic) bond motifs is 1. The first kappa shape index (κ1) is 11.7. The van der Waals surface area contributed by atoms with E-state index in [1.54, 1.807) is 6.33 Å². The Morgan fingerprint density at radius 1 is 1.33 bits per heavy atom. The van der Waals surface area contributed by atoms with Crippen molar-refractivity contribution in [1.82, 2.24) is 9.97 Å². The van der Waals surface area contributed by atoms with Crippen LogP contribution >= 0.6 is 11.6 Å². The number of piperidine rings is 1. The summed E-state index contributed by atoms with van der Waals surface area (Å²) < 4.78 is 0. The maximum Gasteiger partial charge on any atom is 0.139 e. The minimum absolute atomic E-state index is 0.721. The molecule has 4 heteroatoms. The summed E-state index contributed by atoms with van der Waals surface area (Å²) in [4.78, 5) is 11.1. The standard InChI is InChI=1S/C14H16ClN3/c1-10-3-2-6-18(8-10)14-12-5-4-11(15)7-13(12)16-9-17-14/h4-5,7,9-10H,2-3,6,8H2,1H3. The van der Waals surface area contributed by atoms with Gasteiger partial charge in [-0.3, -0.25) is 0 Å². The van der Waals surface area contributed by atoms with E-state index in [9.17, 15) is 0 Å². The average Bonchev–Trinajstić information content (AvgIpc) is 2.37. The van der Waals surface area contributed by atoms with Crippen LogP contribution in [-0.4, -0.2) is 23.1 Å². The number of halogens is 1. The van der Waals surface area contributed by atoms with E-state index < -0.39 is 0 Å². The second-order valence-corrected chi connectivity index (χ2v) is 5.49. The van der Waals surface area contributed by atoms with Crippen molar-refractivity contribution in [2.45, 2.75) is 19.8 Å². The topological polar surface area (TPSA) is 29.0 Å². The molecule has 2 heterocycles. The Bertz CT molecular complexity index is 570. The first-order chi connectivity index (χ1) is 8.74. The van der Waals surface area contributed by atoms with Gasteiger partial charge in [-0.2, -0.15) is 0 Å². The van der Waals surface area contributed by atoms with Crippen molar-refractivity contribution in [2.24, 2.45) is 5.92 Å². The molecule has 1 saturated heterocycles. The number of hydrogen-bond acceptors (Lipinski definition) is 3. The lowest BCUT2D eigenvalue weighted by Crippen LogP contribution is -2.34. The van der Waals surface area contributed by atoms with Crippen LogP contribution < -0.4 is 4.90 Å². The number of hydrogen-bond donors (Lipinski definition) is 0. The predicted molar refractivity (Wildman–Crippen MR) is 75.2 cm³/mol. The Balaban J connectivity index is 2.05. The molecule has 0 bridgehead atoms. The number of benzene rings is 1. The van der Waals surface area contributed by atoms with E-state index in [-0.39, 0.29) is 0 Å². The molecule has 0 aliphatic carbocycles. The normalized spacial score (nSPS) is 20.3. The van der Waals surface area contributed by atoms with E-state index in [1.165, 1.54) is 12.8 Å². The van der Waals surface area contributed by atoms with Gasteiger partial charge < -0.3 is 4.90 Å². The fourth-order valence-corrected chi connectivity index (χ4v) is 2.82. The van der Waals surface area contributed by atoms with Crippen LogP contribution in [0.25, 0.3) is 10.9 Å². The van der Waals surface area contributed by atoms with Crippen molar-refractivity contribution in [3.05, 3.63) is 29.5 Å². The Morgan fingerprint density at radius 3 is 3.06 bits per heavy atom. The molecule has 18 heavy (non-hydrogen) atoms. The molecule has 0 amide bonds. The van der Waals surface area contributed by atoms with Gasteiger partial charge in [0.25, 0.3) is 0 Å². The van der Waals surface area contributed by atoms with Gasteiger partial charge in [0.15, 0.2) is 0 Å². The zero-order valence-corrected chi connectivity index (χ0v) is 11.2. The number of anilines is 1. The maximum atomic E-state index is 6.01. The number of aromatic nitrogens is 2. The molecule has 0 N–H and O–H groups in total. The van der Waals surface area contributed by atoms with Gasteiger partial charge in [0.05, 0.1) is 5.52 Å². The fourth-order valence-electron chi connectivity index (χ4n) is 2.65. The van der Waals surface area contributed by atoms with Crippen LogP contribution in [0.15, 0.2) is 24.5 Å². The second kappa shape index (κ2) is 4.73. The zero-order valence-electron chi connectivity index (χ0n) is 10.4. The summed E-state index contributed by atoms with van der Waals surface area (Å²) >= 11 is 6.01. The number of rotatable bonds is 1. The molecule has 0 spiro atoms. The van der Waals surface area contributed by atoms with Crippen molar-refractivity contribution < 1.29 is 0 Å². The third-order valence-electron chi connectivity index (χ3n) is 3.53. The lowest BCUT2D eigenvalue weighted by molar-refractivity contribution is 0.445. The van der Waals surface area contributed by atoms with Gasteiger partial charge in [0, 0.05) is 23.5 Å². The molecule has 1 aliphatic rings. The first-order valence-electron chi connectivity index (χ1n) is 6.39. The lowest BCUT2D eigenvalue weighted by Gasteiger charge is -2.32. The second-order valence-electron chi connectivity index (χ2n) is 5.05. The third kappa shape index (κ3) is 2.15.